The molecule has 0 saturated heterocycles. The first-order chi connectivity index (χ1) is 9.16. The lowest BCUT2D eigenvalue weighted by molar-refractivity contribution is -0.121. The summed E-state index contributed by atoms with van der Waals surface area (Å²) < 4.78 is 0. The monoisotopic (exact) mass is 329 g/mol. The fraction of sp³-hybridized carbons (Fsp3) is 0.900. The smallest absolute Gasteiger partial charge is 0.234 e. The quantitative estimate of drug-likeness (QED) is 0.295. The molecule has 8 nitrogen and oxygen atoms in total. The Morgan fingerprint density at radius 3 is 2.15 bits per heavy atom. The fourth-order valence-electron chi connectivity index (χ4n) is 1.43. The Balaban J connectivity index is 4.12. The van der Waals surface area contributed by atoms with Crippen molar-refractivity contribution in [2.24, 2.45) is 5.73 Å². The van der Waals surface area contributed by atoms with E-state index in [1.165, 1.54) is 4.90 Å². The van der Waals surface area contributed by atoms with E-state index in [-0.39, 0.29) is 30.6 Å². The van der Waals surface area contributed by atoms with Crippen LogP contribution in [0.1, 0.15) is 26.7 Å². The van der Waals surface area contributed by atoms with E-state index < -0.39 is 16.8 Å². The molecular formula is C10H25N3O5P2. The molecule has 120 valence electrons. The topological polar surface area (TPSA) is 139 Å². The van der Waals surface area contributed by atoms with Crippen molar-refractivity contribution in [1.82, 2.24) is 10.2 Å². The van der Waals surface area contributed by atoms with Gasteiger partial charge in [0, 0.05) is 12.1 Å². The summed E-state index contributed by atoms with van der Waals surface area (Å²) in [4.78, 5) is 48.7. The van der Waals surface area contributed by atoms with Gasteiger partial charge in [-0.15, -0.1) is 0 Å². The van der Waals surface area contributed by atoms with Crippen LogP contribution in [0.15, 0.2) is 0 Å². The van der Waals surface area contributed by atoms with E-state index in [1.807, 2.05) is 13.8 Å². The van der Waals surface area contributed by atoms with Gasteiger partial charge in [-0.25, -0.2) is 0 Å². The molecule has 0 heterocycles. The summed E-state index contributed by atoms with van der Waals surface area (Å²) in [5.74, 6) is -0.314. The average Bonchev–Trinajstić information content (AvgIpc) is 2.26. The molecule has 0 aliphatic carbocycles. The molecular weight excluding hydrogens is 304 g/mol. The van der Waals surface area contributed by atoms with Gasteiger partial charge in [0.15, 0.2) is 16.8 Å². The second kappa shape index (κ2) is 9.92. The van der Waals surface area contributed by atoms with E-state index in [1.54, 1.807) is 0 Å². The normalized spacial score (nSPS) is 14.9. The highest BCUT2D eigenvalue weighted by atomic mass is 31.2. The molecule has 1 unspecified atom stereocenters. The first-order valence-electron chi connectivity index (χ1n) is 6.25. The van der Waals surface area contributed by atoms with Crippen LogP contribution in [0.2, 0.25) is 0 Å². The molecule has 1 amide bonds. The summed E-state index contributed by atoms with van der Waals surface area (Å²) in [7, 11) is -4.44. The SMILES string of the molecule is CCC(C)(N)CCNC(=O)CN(CP(O)O)CP(O)O. The molecule has 0 fully saturated rings. The highest BCUT2D eigenvalue weighted by molar-refractivity contribution is 7.46. The van der Waals surface area contributed by atoms with E-state index in [9.17, 15) is 4.79 Å². The maximum Gasteiger partial charge on any atom is 0.234 e. The Labute approximate surface area is 121 Å². The van der Waals surface area contributed by atoms with Crippen LogP contribution in [-0.2, 0) is 4.79 Å². The minimum atomic E-state index is -2.22. The van der Waals surface area contributed by atoms with Gasteiger partial charge in [-0.2, -0.15) is 0 Å². The number of nitrogens with two attached hydrogens (primary N) is 1. The van der Waals surface area contributed by atoms with Crippen LogP contribution < -0.4 is 11.1 Å². The number of carbonyl (C=O) groups excluding carboxylic acids is 1. The van der Waals surface area contributed by atoms with E-state index in [4.69, 9.17) is 25.3 Å². The fourth-order valence-corrected chi connectivity index (χ4v) is 2.70. The zero-order valence-electron chi connectivity index (χ0n) is 11.9. The molecule has 0 aliphatic rings. The minimum Gasteiger partial charge on any atom is -0.355 e. The van der Waals surface area contributed by atoms with Crippen LogP contribution in [0.3, 0.4) is 0 Å². The van der Waals surface area contributed by atoms with Gasteiger partial charge in [0.25, 0.3) is 0 Å². The number of carbonyl (C=O) groups is 1. The summed E-state index contributed by atoms with van der Waals surface area (Å²) in [5.41, 5.74) is 5.62. The van der Waals surface area contributed by atoms with Gasteiger partial charge in [-0.1, -0.05) is 6.92 Å². The number of nitrogens with one attached hydrogen (secondary N) is 1. The average molecular weight is 329 g/mol. The summed E-state index contributed by atoms with van der Waals surface area (Å²) in [6.45, 7) is 4.18. The number of amides is 1. The Morgan fingerprint density at radius 2 is 1.75 bits per heavy atom. The van der Waals surface area contributed by atoms with E-state index in [0.717, 1.165) is 6.42 Å². The molecule has 20 heavy (non-hydrogen) atoms. The number of rotatable bonds is 10. The third-order valence-corrected chi connectivity index (χ3v) is 4.15. The van der Waals surface area contributed by atoms with Gasteiger partial charge >= 0.3 is 0 Å². The number of hydrogen-bond acceptors (Lipinski definition) is 7. The molecule has 7 N–H and O–H groups in total. The summed E-state index contributed by atoms with van der Waals surface area (Å²) in [5, 5.41) is 2.68. The first-order valence-corrected chi connectivity index (χ1v) is 9.11. The van der Waals surface area contributed by atoms with Crippen molar-refractivity contribution in [3.8, 4) is 0 Å². The zero-order valence-corrected chi connectivity index (χ0v) is 13.6. The van der Waals surface area contributed by atoms with Crippen molar-refractivity contribution >= 4 is 22.7 Å². The maximum atomic E-state index is 11.7. The lowest BCUT2D eigenvalue weighted by Crippen LogP contribution is -2.42. The van der Waals surface area contributed by atoms with Crippen LogP contribution in [0.5, 0.6) is 0 Å². The molecule has 0 aromatic rings. The van der Waals surface area contributed by atoms with Gasteiger partial charge in [0.05, 0.1) is 19.1 Å². The predicted octanol–water partition coefficient (Wildman–Crippen LogP) is -0.570. The van der Waals surface area contributed by atoms with Crippen LogP contribution in [-0.4, -0.2) is 61.6 Å². The lowest BCUT2D eigenvalue weighted by atomic mass is 9.96. The largest absolute Gasteiger partial charge is 0.355 e. The molecule has 0 rings (SSSR count). The summed E-state index contributed by atoms with van der Waals surface area (Å²) >= 11 is 0. The Hall–Kier alpha value is 0.0900. The molecule has 0 spiro atoms. The van der Waals surface area contributed by atoms with Crippen molar-refractivity contribution in [2.45, 2.75) is 32.2 Å². The highest BCUT2D eigenvalue weighted by Gasteiger charge is 2.19. The van der Waals surface area contributed by atoms with Gasteiger partial charge in [0.1, 0.15) is 0 Å². The Kier molecular flexibility index (Phi) is 9.97. The van der Waals surface area contributed by atoms with Gasteiger partial charge in [-0.05, 0) is 19.8 Å². The van der Waals surface area contributed by atoms with Gasteiger partial charge in [-0.3, -0.25) is 9.69 Å². The molecule has 0 aromatic heterocycles. The zero-order chi connectivity index (χ0) is 15.8. The molecule has 1 atom stereocenters. The van der Waals surface area contributed by atoms with Crippen molar-refractivity contribution in [2.75, 3.05) is 25.7 Å². The summed E-state index contributed by atoms with van der Waals surface area (Å²) in [6, 6.07) is 0. The third kappa shape index (κ3) is 10.8. The molecule has 10 heteroatoms. The van der Waals surface area contributed by atoms with E-state index in [2.05, 4.69) is 5.32 Å². The third-order valence-electron chi connectivity index (χ3n) is 2.85. The Morgan fingerprint density at radius 1 is 1.25 bits per heavy atom. The lowest BCUT2D eigenvalue weighted by Gasteiger charge is -2.24. The first kappa shape index (κ1) is 20.1. The maximum absolute atomic E-state index is 11.7. The van der Waals surface area contributed by atoms with Crippen LogP contribution in [0, 0.1) is 0 Å². The molecule has 0 aliphatic heterocycles. The van der Waals surface area contributed by atoms with E-state index >= 15 is 0 Å². The van der Waals surface area contributed by atoms with Gasteiger partial charge in [0.2, 0.25) is 5.91 Å². The number of hydrogen-bond donors (Lipinski definition) is 6. The highest BCUT2D eigenvalue weighted by Crippen LogP contribution is 2.29. The molecule has 0 saturated carbocycles. The van der Waals surface area contributed by atoms with Gasteiger partial charge < -0.3 is 30.6 Å². The predicted molar refractivity (Wildman–Crippen MR) is 79.7 cm³/mol. The van der Waals surface area contributed by atoms with Crippen molar-refractivity contribution in [1.29, 1.82) is 0 Å². The summed E-state index contributed by atoms with van der Waals surface area (Å²) in [6.07, 6.45) is 1.11. The number of nitrogens with zero attached hydrogens (tertiary/aromatic N) is 1. The van der Waals surface area contributed by atoms with Crippen molar-refractivity contribution < 1.29 is 24.4 Å². The molecule has 0 radical (unpaired) electrons. The molecule has 0 bridgehead atoms. The minimum absolute atomic E-state index is 0.118. The van der Waals surface area contributed by atoms with Crippen molar-refractivity contribution in [3.63, 3.8) is 0 Å². The van der Waals surface area contributed by atoms with Crippen molar-refractivity contribution in [3.05, 3.63) is 0 Å². The van der Waals surface area contributed by atoms with Crippen LogP contribution >= 0.6 is 16.8 Å². The second-order valence-corrected chi connectivity index (χ2v) is 7.02. The van der Waals surface area contributed by atoms with Crippen LogP contribution in [0.4, 0.5) is 0 Å². The molecule has 0 aromatic carbocycles. The van der Waals surface area contributed by atoms with E-state index in [0.29, 0.717) is 13.0 Å². The Bertz CT molecular complexity index is 282. The second-order valence-electron chi connectivity index (χ2n) is 4.96. The standard InChI is InChI=1S/C10H25N3O5P2/c1-3-10(2,11)4-5-12-9(14)6-13(7-19(15)16)8-20(17)18/h15-18H,3-8,11H2,1-2H3,(H,12,14). The van der Waals surface area contributed by atoms with Crippen LogP contribution in [0.25, 0.3) is 0 Å².